The quantitative estimate of drug-likeness (QED) is 0.811. The topological polar surface area (TPSA) is 62.8 Å². The van der Waals surface area contributed by atoms with E-state index in [1.54, 1.807) is 19.2 Å². The van der Waals surface area contributed by atoms with Crippen LogP contribution in [0.3, 0.4) is 0 Å². The predicted octanol–water partition coefficient (Wildman–Crippen LogP) is 3.24. The fourth-order valence-electron chi connectivity index (χ4n) is 2.81. The van der Waals surface area contributed by atoms with Gasteiger partial charge in [-0.3, -0.25) is 4.79 Å². The van der Waals surface area contributed by atoms with Crippen LogP contribution in [0.5, 0.6) is 5.75 Å². The third kappa shape index (κ3) is 4.59. The Balaban J connectivity index is 1.61. The minimum absolute atomic E-state index is 0.127. The molecule has 1 aliphatic rings. The average molecular weight is 376 g/mol. The van der Waals surface area contributed by atoms with Gasteiger partial charge in [-0.05, 0) is 30.3 Å². The predicted molar refractivity (Wildman–Crippen MR) is 105 cm³/mol. The Morgan fingerprint density at radius 2 is 2.00 bits per heavy atom. The number of hydrogen-bond donors (Lipinski definition) is 2. The lowest BCUT2D eigenvalue weighted by Crippen LogP contribution is -2.37. The molecule has 26 heavy (non-hydrogen) atoms. The maximum absolute atomic E-state index is 12.4. The second kappa shape index (κ2) is 8.78. The molecule has 0 unspecified atom stereocenters. The molecule has 2 N–H and O–H groups in total. The Morgan fingerprint density at radius 1 is 1.23 bits per heavy atom. The van der Waals surface area contributed by atoms with Crippen molar-refractivity contribution in [2.75, 3.05) is 55.5 Å². The first-order chi connectivity index (χ1) is 12.7. The molecule has 2 aromatic carbocycles. The number of halogens is 1. The molecule has 0 spiro atoms. The zero-order valence-electron chi connectivity index (χ0n) is 14.6. The number of morpholine rings is 1. The lowest BCUT2D eigenvalue weighted by molar-refractivity contribution is -0.114. The smallest absolute Gasteiger partial charge is 0.243 e. The van der Waals surface area contributed by atoms with E-state index in [0.717, 1.165) is 30.2 Å². The van der Waals surface area contributed by atoms with Gasteiger partial charge in [-0.15, -0.1) is 0 Å². The van der Waals surface area contributed by atoms with E-state index in [2.05, 4.69) is 15.5 Å². The summed E-state index contributed by atoms with van der Waals surface area (Å²) in [7, 11) is 1.56. The van der Waals surface area contributed by atoms with Gasteiger partial charge in [-0.2, -0.15) is 0 Å². The van der Waals surface area contributed by atoms with Gasteiger partial charge in [0, 0.05) is 18.8 Å². The molecule has 0 aliphatic carbocycles. The summed E-state index contributed by atoms with van der Waals surface area (Å²) in [6.07, 6.45) is 0. The van der Waals surface area contributed by atoms with Crippen molar-refractivity contribution in [2.45, 2.75) is 0 Å². The highest BCUT2D eigenvalue weighted by Gasteiger charge is 2.15. The van der Waals surface area contributed by atoms with Gasteiger partial charge in [0.05, 0.1) is 43.3 Å². The van der Waals surface area contributed by atoms with E-state index in [1.165, 1.54) is 0 Å². The number of anilines is 3. The minimum Gasteiger partial charge on any atom is -0.495 e. The highest BCUT2D eigenvalue weighted by Crippen LogP contribution is 2.28. The second-order valence-electron chi connectivity index (χ2n) is 5.87. The molecular formula is C19H22ClN3O3. The maximum Gasteiger partial charge on any atom is 0.243 e. The van der Waals surface area contributed by atoms with Gasteiger partial charge in [0.1, 0.15) is 5.75 Å². The van der Waals surface area contributed by atoms with Gasteiger partial charge in [0.15, 0.2) is 0 Å². The third-order valence-electron chi connectivity index (χ3n) is 4.13. The van der Waals surface area contributed by atoms with Crippen molar-refractivity contribution in [1.29, 1.82) is 0 Å². The van der Waals surface area contributed by atoms with Crippen molar-refractivity contribution < 1.29 is 14.3 Å². The number of methoxy groups -OCH3 is 1. The molecule has 0 atom stereocenters. The van der Waals surface area contributed by atoms with E-state index in [9.17, 15) is 4.79 Å². The summed E-state index contributed by atoms with van der Waals surface area (Å²) in [5, 5.41) is 6.54. The summed E-state index contributed by atoms with van der Waals surface area (Å²) >= 11 is 6.10. The molecule has 0 aromatic heterocycles. The Morgan fingerprint density at radius 3 is 2.73 bits per heavy atom. The van der Waals surface area contributed by atoms with Gasteiger partial charge in [0.2, 0.25) is 5.91 Å². The van der Waals surface area contributed by atoms with E-state index in [0.29, 0.717) is 24.0 Å². The molecule has 0 radical (unpaired) electrons. The molecule has 0 bridgehead atoms. The molecule has 6 nitrogen and oxygen atoms in total. The van der Waals surface area contributed by atoms with Gasteiger partial charge < -0.3 is 25.0 Å². The van der Waals surface area contributed by atoms with Crippen molar-refractivity contribution in [3.05, 3.63) is 47.5 Å². The fourth-order valence-corrected chi connectivity index (χ4v) is 3.07. The van der Waals surface area contributed by atoms with Gasteiger partial charge in [0.25, 0.3) is 0 Å². The third-order valence-corrected chi connectivity index (χ3v) is 4.43. The maximum atomic E-state index is 12.4. The fraction of sp³-hybridized carbons (Fsp3) is 0.316. The molecule has 1 aliphatic heterocycles. The number of carbonyl (C=O) groups excluding carboxylic acids is 1. The number of rotatable bonds is 6. The molecule has 1 fully saturated rings. The molecule has 1 amide bonds. The van der Waals surface area contributed by atoms with Crippen LogP contribution in [0.25, 0.3) is 0 Å². The number of ether oxygens (including phenoxy) is 2. The summed E-state index contributed by atoms with van der Waals surface area (Å²) in [6.45, 7) is 3.16. The summed E-state index contributed by atoms with van der Waals surface area (Å²) in [5.74, 6) is 0.471. The van der Waals surface area contributed by atoms with Crippen molar-refractivity contribution in [3.8, 4) is 5.75 Å². The second-order valence-corrected chi connectivity index (χ2v) is 6.27. The summed E-state index contributed by atoms with van der Waals surface area (Å²) in [5.41, 5.74) is 2.57. The van der Waals surface area contributed by atoms with Crippen LogP contribution < -0.4 is 20.3 Å². The van der Waals surface area contributed by atoms with E-state index in [-0.39, 0.29) is 12.5 Å². The molecule has 1 saturated heterocycles. The van der Waals surface area contributed by atoms with Crippen molar-refractivity contribution in [3.63, 3.8) is 0 Å². The standard InChI is InChI=1S/C19H22ClN3O3/c1-25-18-7-6-14(12-15(18)20)21-13-19(24)22-16-4-2-3-5-17(16)23-8-10-26-11-9-23/h2-7,12,21H,8-11,13H2,1H3,(H,22,24). The van der Waals surface area contributed by atoms with Crippen LogP contribution in [0.1, 0.15) is 0 Å². The van der Waals surface area contributed by atoms with Crippen LogP contribution in [-0.4, -0.2) is 45.9 Å². The number of hydrogen-bond acceptors (Lipinski definition) is 5. The number of para-hydroxylation sites is 2. The molecule has 1 heterocycles. The van der Waals surface area contributed by atoms with E-state index < -0.39 is 0 Å². The van der Waals surface area contributed by atoms with Gasteiger partial charge in [-0.1, -0.05) is 23.7 Å². The normalized spacial score (nSPS) is 14.0. The SMILES string of the molecule is COc1ccc(NCC(=O)Nc2ccccc2N2CCOCC2)cc1Cl. The molecule has 7 heteroatoms. The number of carbonyl (C=O) groups is 1. The highest BCUT2D eigenvalue weighted by atomic mass is 35.5. The summed E-state index contributed by atoms with van der Waals surface area (Å²) in [6, 6.07) is 13.1. The largest absolute Gasteiger partial charge is 0.495 e. The molecular weight excluding hydrogens is 354 g/mol. The molecule has 3 rings (SSSR count). The number of amides is 1. The van der Waals surface area contributed by atoms with E-state index >= 15 is 0 Å². The first-order valence-corrected chi connectivity index (χ1v) is 8.84. The first kappa shape index (κ1) is 18.4. The van der Waals surface area contributed by atoms with Crippen LogP contribution in [0.2, 0.25) is 5.02 Å². The Hall–Kier alpha value is -2.44. The first-order valence-electron chi connectivity index (χ1n) is 8.46. The zero-order valence-corrected chi connectivity index (χ0v) is 15.4. The highest BCUT2D eigenvalue weighted by molar-refractivity contribution is 6.32. The number of benzene rings is 2. The van der Waals surface area contributed by atoms with Crippen molar-refractivity contribution >= 4 is 34.6 Å². The minimum atomic E-state index is -0.127. The number of nitrogens with one attached hydrogen (secondary N) is 2. The Kier molecular flexibility index (Phi) is 6.20. The van der Waals surface area contributed by atoms with E-state index in [1.807, 2.05) is 30.3 Å². The summed E-state index contributed by atoms with van der Waals surface area (Å²) < 4.78 is 10.5. The van der Waals surface area contributed by atoms with Crippen LogP contribution in [-0.2, 0) is 9.53 Å². The Labute approximate surface area is 158 Å². The van der Waals surface area contributed by atoms with Crippen molar-refractivity contribution in [2.24, 2.45) is 0 Å². The average Bonchev–Trinajstić information content (AvgIpc) is 2.67. The monoisotopic (exact) mass is 375 g/mol. The zero-order chi connectivity index (χ0) is 18.4. The van der Waals surface area contributed by atoms with Crippen molar-refractivity contribution in [1.82, 2.24) is 0 Å². The summed E-state index contributed by atoms with van der Waals surface area (Å²) in [4.78, 5) is 14.6. The van der Waals surface area contributed by atoms with Gasteiger partial charge >= 0.3 is 0 Å². The Bertz CT molecular complexity index is 763. The lowest BCUT2D eigenvalue weighted by Gasteiger charge is -2.30. The van der Waals surface area contributed by atoms with Crippen LogP contribution >= 0.6 is 11.6 Å². The molecule has 2 aromatic rings. The molecule has 0 saturated carbocycles. The molecule has 138 valence electrons. The number of nitrogens with zero attached hydrogens (tertiary/aromatic N) is 1. The lowest BCUT2D eigenvalue weighted by atomic mass is 10.2. The van der Waals surface area contributed by atoms with Gasteiger partial charge in [-0.25, -0.2) is 0 Å². The van der Waals surface area contributed by atoms with Crippen LogP contribution in [0, 0.1) is 0 Å². The van der Waals surface area contributed by atoms with Crippen LogP contribution in [0.15, 0.2) is 42.5 Å². The van der Waals surface area contributed by atoms with Crippen LogP contribution in [0.4, 0.5) is 17.1 Å². The van der Waals surface area contributed by atoms with E-state index in [4.69, 9.17) is 21.1 Å².